The van der Waals surface area contributed by atoms with Crippen LogP contribution >= 0.6 is 15.9 Å². The Kier molecular flexibility index (Phi) is 3.90. The summed E-state index contributed by atoms with van der Waals surface area (Å²) in [6.45, 7) is 1.84. The molecule has 98 valence electrons. The molecule has 0 amide bonds. The smallest absolute Gasteiger partial charge is 0.133 e. The summed E-state index contributed by atoms with van der Waals surface area (Å²) < 4.78 is 6.95. The van der Waals surface area contributed by atoms with Crippen molar-refractivity contribution in [1.82, 2.24) is 5.32 Å². The highest BCUT2D eigenvalue weighted by Gasteiger charge is 2.20. The summed E-state index contributed by atoms with van der Waals surface area (Å²) >= 11 is 3.61. The molecule has 0 atom stereocenters. The van der Waals surface area contributed by atoms with Gasteiger partial charge in [-0.2, -0.15) is 0 Å². The normalized spacial score (nSPS) is 19.6. The van der Waals surface area contributed by atoms with E-state index in [1.807, 2.05) is 0 Å². The Morgan fingerprint density at radius 1 is 1.22 bits per heavy atom. The van der Waals surface area contributed by atoms with Gasteiger partial charge in [-0.3, -0.25) is 0 Å². The van der Waals surface area contributed by atoms with Gasteiger partial charge in [0.25, 0.3) is 0 Å². The molecule has 0 aliphatic heterocycles. The van der Waals surface area contributed by atoms with Crippen LogP contribution in [0, 0.1) is 5.92 Å². The van der Waals surface area contributed by atoms with Crippen LogP contribution in [0.3, 0.4) is 0 Å². The second-order valence-electron chi connectivity index (χ2n) is 5.53. The van der Waals surface area contributed by atoms with Gasteiger partial charge in [0.05, 0.1) is 11.1 Å². The molecule has 2 fully saturated rings. The first kappa shape index (κ1) is 12.5. The minimum atomic E-state index is 0.762. The molecular weight excluding hydrogens is 290 g/mol. The molecule has 2 aliphatic rings. The summed E-state index contributed by atoms with van der Waals surface area (Å²) in [6.07, 6.45) is 6.72. The van der Waals surface area contributed by atoms with Gasteiger partial charge in [0, 0.05) is 12.6 Å². The Hall–Kier alpha value is -0.540. The van der Waals surface area contributed by atoms with Crippen molar-refractivity contribution in [3.8, 4) is 5.75 Å². The molecule has 3 rings (SSSR count). The zero-order valence-corrected chi connectivity index (χ0v) is 12.2. The standard InChI is InChI=1S/C15H20BrNO/c16-14-8-12(9-17-13-5-6-13)4-7-15(14)18-10-11-2-1-3-11/h4,7-8,11,13,17H,1-3,5-6,9-10H2. The minimum Gasteiger partial charge on any atom is -0.492 e. The van der Waals surface area contributed by atoms with Crippen molar-refractivity contribution in [2.24, 2.45) is 5.92 Å². The summed E-state index contributed by atoms with van der Waals surface area (Å²) in [5.74, 6) is 1.77. The number of nitrogens with one attached hydrogen (secondary N) is 1. The third kappa shape index (κ3) is 3.27. The van der Waals surface area contributed by atoms with Crippen LogP contribution in [0.15, 0.2) is 22.7 Å². The van der Waals surface area contributed by atoms with Gasteiger partial charge < -0.3 is 10.1 Å². The number of halogens is 1. The minimum absolute atomic E-state index is 0.762. The Labute approximate surface area is 117 Å². The fourth-order valence-electron chi connectivity index (χ4n) is 2.19. The average Bonchev–Trinajstić information content (AvgIpc) is 3.10. The zero-order chi connectivity index (χ0) is 12.4. The number of hydrogen-bond donors (Lipinski definition) is 1. The van der Waals surface area contributed by atoms with E-state index >= 15 is 0 Å². The predicted octanol–water partition coefficient (Wildman–Crippen LogP) is 3.88. The van der Waals surface area contributed by atoms with E-state index in [9.17, 15) is 0 Å². The average molecular weight is 310 g/mol. The van der Waals surface area contributed by atoms with Crippen LogP contribution in [-0.4, -0.2) is 12.6 Å². The van der Waals surface area contributed by atoms with Crippen molar-refractivity contribution < 1.29 is 4.74 Å². The molecule has 1 aromatic carbocycles. The van der Waals surface area contributed by atoms with E-state index in [-0.39, 0.29) is 0 Å². The highest BCUT2D eigenvalue weighted by atomic mass is 79.9. The summed E-state index contributed by atoms with van der Waals surface area (Å²) in [5, 5.41) is 3.53. The predicted molar refractivity (Wildman–Crippen MR) is 76.8 cm³/mol. The summed E-state index contributed by atoms with van der Waals surface area (Å²) in [6, 6.07) is 7.19. The molecule has 0 saturated heterocycles. The number of rotatable bonds is 6. The zero-order valence-electron chi connectivity index (χ0n) is 10.6. The lowest BCUT2D eigenvalue weighted by Gasteiger charge is -2.25. The molecule has 1 N–H and O–H groups in total. The highest BCUT2D eigenvalue weighted by molar-refractivity contribution is 9.10. The van der Waals surface area contributed by atoms with Crippen molar-refractivity contribution in [2.45, 2.75) is 44.7 Å². The van der Waals surface area contributed by atoms with Gasteiger partial charge in [-0.15, -0.1) is 0 Å². The summed E-state index contributed by atoms with van der Waals surface area (Å²) in [7, 11) is 0. The maximum Gasteiger partial charge on any atom is 0.133 e. The van der Waals surface area contributed by atoms with Crippen LogP contribution in [0.5, 0.6) is 5.75 Å². The monoisotopic (exact) mass is 309 g/mol. The van der Waals surface area contributed by atoms with Gasteiger partial charge in [0.1, 0.15) is 5.75 Å². The fourth-order valence-corrected chi connectivity index (χ4v) is 2.73. The quantitative estimate of drug-likeness (QED) is 0.861. The van der Waals surface area contributed by atoms with Crippen LogP contribution in [-0.2, 0) is 6.54 Å². The first-order valence-corrected chi connectivity index (χ1v) is 7.75. The van der Waals surface area contributed by atoms with Gasteiger partial charge in [-0.25, -0.2) is 0 Å². The van der Waals surface area contributed by atoms with E-state index in [0.717, 1.165) is 35.3 Å². The summed E-state index contributed by atoms with van der Waals surface area (Å²) in [5.41, 5.74) is 1.32. The van der Waals surface area contributed by atoms with Gasteiger partial charge in [0.15, 0.2) is 0 Å². The van der Waals surface area contributed by atoms with E-state index in [2.05, 4.69) is 39.4 Å². The highest BCUT2D eigenvalue weighted by Crippen LogP contribution is 2.30. The van der Waals surface area contributed by atoms with E-state index in [1.54, 1.807) is 0 Å². The Bertz CT molecular complexity index is 413. The molecule has 0 radical (unpaired) electrons. The van der Waals surface area contributed by atoms with Crippen LogP contribution in [0.4, 0.5) is 0 Å². The lowest BCUT2D eigenvalue weighted by molar-refractivity contribution is 0.180. The van der Waals surface area contributed by atoms with Crippen molar-refractivity contribution in [1.29, 1.82) is 0 Å². The molecule has 3 heteroatoms. The molecule has 0 aromatic heterocycles. The molecule has 2 nitrogen and oxygen atoms in total. The molecule has 0 spiro atoms. The lowest BCUT2D eigenvalue weighted by atomic mass is 9.86. The molecule has 18 heavy (non-hydrogen) atoms. The first-order chi connectivity index (χ1) is 8.81. The van der Waals surface area contributed by atoms with Crippen LogP contribution in [0.1, 0.15) is 37.7 Å². The second-order valence-corrected chi connectivity index (χ2v) is 6.38. The SMILES string of the molecule is Brc1cc(CNC2CC2)ccc1OCC1CCC1. The molecule has 0 unspecified atom stereocenters. The number of hydrogen-bond acceptors (Lipinski definition) is 2. The maximum atomic E-state index is 5.87. The van der Waals surface area contributed by atoms with Gasteiger partial charge >= 0.3 is 0 Å². The third-order valence-corrected chi connectivity index (χ3v) is 4.49. The third-order valence-electron chi connectivity index (χ3n) is 3.87. The van der Waals surface area contributed by atoms with Crippen molar-refractivity contribution in [3.63, 3.8) is 0 Å². The molecule has 0 bridgehead atoms. The Morgan fingerprint density at radius 3 is 2.67 bits per heavy atom. The van der Waals surface area contributed by atoms with Crippen LogP contribution in [0.2, 0.25) is 0 Å². The topological polar surface area (TPSA) is 21.3 Å². The van der Waals surface area contributed by atoms with Crippen LogP contribution < -0.4 is 10.1 Å². The summed E-state index contributed by atoms with van der Waals surface area (Å²) in [4.78, 5) is 0. The molecule has 0 heterocycles. The van der Waals surface area contributed by atoms with Gasteiger partial charge in [0.2, 0.25) is 0 Å². The molecular formula is C15H20BrNO. The lowest BCUT2D eigenvalue weighted by Crippen LogP contribution is -2.19. The van der Waals surface area contributed by atoms with Crippen molar-refractivity contribution >= 4 is 15.9 Å². The van der Waals surface area contributed by atoms with E-state index < -0.39 is 0 Å². The molecule has 2 aliphatic carbocycles. The number of benzene rings is 1. The van der Waals surface area contributed by atoms with Crippen LogP contribution in [0.25, 0.3) is 0 Å². The van der Waals surface area contributed by atoms with Gasteiger partial charge in [-0.1, -0.05) is 12.5 Å². The maximum absolute atomic E-state index is 5.87. The van der Waals surface area contributed by atoms with E-state index in [1.165, 1.54) is 37.7 Å². The Morgan fingerprint density at radius 2 is 2.06 bits per heavy atom. The van der Waals surface area contributed by atoms with E-state index in [0.29, 0.717) is 0 Å². The van der Waals surface area contributed by atoms with Gasteiger partial charge in [-0.05, 0) is 65.2 Å². The van der Waals surface area contributed by atoms with Crippen molar-refractivity contribution in [2.75, 3.05) is 6.61 Å². The first-order valence-electron chi connectivity index (χ1n) is 6.96. The number of ether oxygens (including phenoxy) is 1. The van der Waals surface area contributed by atoms with E-state index in [4.69, 9.17) is 4.74 Å². The second kappa shape index (κ2) is 5.62. The fraction of sp³-hybridized carbons (Fsp3) is 0.600. The molecule has 1 aromatic rings. The largest absolute Gasteiger partial charge is 0.492 e. The Balaban J connectivity index is 1.53. The molecule has 2 saturated carbocycles. The van der Waals surface area contributed by atoms with Crippen molar-refractivity contribution in [3.05, 3.63) is 28.2 Å².